The van der Waals surface area contributed by atoms with Crippen molar-refractivity contribution in [2.75, 3.05) is 6.54 Å². The quantitative estimate of drug-likeness (QED) is 0.726. The second kappa shape index (κ2) is 4.02. The zero-order valence-electron chi connectivity index (χ0n) is 8.11. The van der Waals surface area contributed by atoms with Gasteiger partial charge in [0.25, 0.3) is 5.91 Å². The molecule has 0 aliphatic carbocycles. The molecule has 72 valence electrons. The Balaban J connectivity index is 2.49. The molecule has 0 aliphatic heterocycles. The SMILES string of the molecule is CC(C)CNC(=O)c1cnn(C)n1. The third-order valence-electron chi connectivity index (χ3n) is 1.50. The molecule has 1 amide bonds. The number of aromatic nitrogens is 3. The van der Waals surface area contributed by atoms with Crippen LogP contribution in [0.2, 0.25) is 0 Å². The smallest absolute Gasteiger partial charge is 0.273 e. The molecule has 0 bridgehead atoms. The third kappa shape index (κ3) is 2.85. The topological polar surface area (TPSA) is 59.8 Å². The predicted molar refractivity (Wildman–Crippen MR) is 48.2 cm³/mol. The normalized spacial score (nSPS) is 10.5. The summed E-state index contributed by atoms with van der Waals surface area (Å²) in [6.07, 6.45) is 1.45. The van der Waals surface area contributed by atoms with Gasteiger partial charge in [0, 0.05) is 13.6 Å². The third-order valence-corrected chi connectivity index (χ3v) is 1.50. The summed E-state index contributed by atoms with van der Waals surface area (Å²) >= 11 is 0. The van der Waals surface area contributed by atoms with E-state index >= 15 is 0 Å². The number of nitrogens with one attached hydrogen (secondary N) is 1. The molecule has 1 heterocycles. The number of rotatable bonds is 3. The Morgan fingerprint density at radius 2 is 2.38 bits per heavy atom. The molecule has 1 rings (SSSR count). The molecule has 0 saturated carbocycles. The molecule has 0 spiro atoms. The van der Waals surface area contributed by atoms with Crippen molar-refractivity contribution in [3.63, 3.8) is 0 Å². The summed E-state index contributed by atoms with van der Waals surface area (Å²) in [6, 6.07) is 0. The van der Waals surface area contributed by atoms with Gasteiger partial charge in [0.15, 0.2) is 5.69 Å². The van der Waals surface area contributed by atoms with E-state index in [1.807, 2.05) is 13.8 Å². The minimum absolute atomic E-state index is 0.165. The number of amides is 1. The first-order valence-electron chi connectivity index (χ1n) is 4.24. The van der Waals surface area contributed by atoms with Crippen molar-refractivity contribution in [3.05, 3.63) is 11.9 Å². The molecule has 1 aromatic rings. The average molecular weight is 182 g/mol. The first kappa shape index (κ1) is 9.70. The molecule has 5 nitrogen and oxygen atoms in total. The van der Waals surface area contributed by atoms with Crippen LogP contribution in [0.5, 0.6) is 0 Å². The Morgan fingerprint density at radius 1 is 1.69 bits per heavy atom. The fraction of sp³-hybridized carbons (Fsp3) is 0.625. The maximum Gasteiger partial charge on any atom is 0.273 e. The monoisotopic (exact) mass is 182 g/mol. The summed E-state index contributed by atoms with van der Waals surface area (Å²) in [6.45, 7) is 4.74. The van der Waals surface area contributed by atoms with Crippen LogP contribution in [-0.4, -0.2) is 27.4 Å². The Labute approximate surface area is 77.1 Å². The van der Waals surface area contributed by atoms with Gasteiger partial charge in [-0.25, -0.2) is 0 Å². The van der Waals surface area contributed by atoms with Gasteiger partial charge in [-0.05, 0) is 5.92 Å². The van der Waals surface area contributed by atoms with E-state index in [-0.39, 0.29) is 5.91 Å². The van der Waals surface area contributed by atoms with Crippen LogP contribution < -0.4 is 5.32 Å². The molecule has 0 atom stereocenters. The molecule has 5 heteroatoms. The lowest BCUT2D eigenvalue weighted by Crippen LogP contribution is -2.27. The second-order valence-electron chi connectivity index (χ2n) is 3.32. The van der Waals surface area contributed by atoms with Gasteiger partial charge in [-0.15, -0.1) is 5.10 Å². The van der Waals surface area contributed by atoms with Gasteiger partial charge in [0.2, 0.25) is 0 Å². The molecule has 0 saturated heterocycles. The molecule has 1 aromatic heterocycles. The molecule has 1 N–H and O–H groups in total. The van der Waals surface area contributed by atoms with Gasteiger partial charge in [-0.2, -0.15) is 9.90 Å². The zero-order valence-corrected chi connectivity index (χ0v) is 8.11. The summed E-state index contributed by atoms with van der Waals surface area (Å²) in [5, 5.41) is 10.4. The Bertz CT molecular complexity index is 292. The summed E-state index contributed by atoms with van der Waals surface area (Å²) in [7, 11) is 1.68. The fourth-order valence-electron chi connectivity index (χ4n) is 0.837. The van der Waals surface area contributed by atoms with Gasteiger partial charge in [0.05, 0.1) is 6.20 Å². The van der Waals surface area contributed by atoms with Gasteiger partial charge >= 0.3 is 0 Å². The summed E-state index contributed by atoms with van der Waals surface area (Å²) < 4.78 is 0. The Morgan fingerprint density at radius 3 is 2.85 bits per heavy atom. The van der Waals surface area contributed by atoms with Crippen LogP contribution >= 0.6 is 0 Å². The van der Waals surface area contributed by atoms with Crippen LogP contribution in [0.1, 0.15) is 24.3 Å². The minimum atomic E-state index is -0.165. The standard InChI is InChI=1S/C8H14N4O/c1-6(2)4-9-8(13)7-5-10-12(3)11-7/h5-6H,4H2,1-3H3,(H,9,13). The van der Waals surface area contributed by atoms with Crippen LogP contribution in [0.15, 0.2) is 6.20 Å². The number of carbonyl (C=O) groups is 1. The Kier molecular flexibility index (Phi) is 3.00. The van der Waals surface area contributed by atoms with Crippen molar-refractivity contribution in [2.45, 2.75) is 13.8 Å². The van der Waals surface area contributed by atoms with Crippen molar-refractivity contribution in [1.82, 2.24) is 20.3 Å². The highest BCUT2D eigenvalue weighted by Gasteiger charge is 2.08. The van der Waals surface area contributed by atoms with E-state index < -0.39 is 0 Å². The van der Waals surface area contributed by atoms with Crippen LogP contribution in [0.3, 0.4) is 0 Å². The summed E-state index contributed by atoms with van der Waals surface area (Å²) in [4.78, 5) is 12.7. The van der Waals surface area contributed by atoms with E-state index in [1.165, 1.54) is 11.0 Å². The maximum absolute atomic E-state index is 11.3. The van der Waals surface area contributed by atoms with Gasteiger partial charge in [-0.1, -0.05) is 13.8 Å². The van der Waals surface area contributed by atoms with E-state index in [1.54, 1.807) is 7.05 Å². The first-order chi connectivity index (χ1) is 6.09. The van der Waals surface area contributed by atoms with E-state index in [2.05, 4.69) is 15.5 Å². The Hall–Kier alpha value is -1.39. The molecular weight excluding hydrogens is 168 g/mol. The molecule has 0 radical (unpaired) electrons. The second-order valence-corrected chi connectivity index (χ2v) is 3.32. The maximum atomic E-state index is 11.3. The highest BCUT2D eigenvalue weighted by Crippen LogP contribution is 1.92. The molecule has 0 aromatic carbocycles. The van der Waals surface area contributed by atoms with Crippen molar-refractivity contribution in [1.29, 1.82) is 0 Å². The van der Waals surface area contributed by atoms with E-state index in [0.717, 1.165) is 0 Å². The lowest BCUT2D eigenvalue weighted by atomic mass is 10.2. The molecule has 0 aliphatic rings. The fourth-order valence-corrected chi connectivity index (χ4v) is 0.837. The number of hydrogen-bond acceptors (Lipinski definition) is 3. The number of nitrogens with zero attached hydrogens (tertiary/aromatic N) is 3. The minimum Gasteiger partial charge on any atom is -0.350 e. The van der Waals surface area contributed by atoms with Crippen LogP contribution in [0.25, 0.3) is 0 Å². The van der Waals surface area contributed by atoms with Crippen LogP contribution in [0.4, 0.5) is 0 Å². The van der Waals surface area contributed by atoms with Crippen molar-refractivity contribution < 1.29 is 4.79 Å². The number of aryl methyl sites for hydroxylation is 1. The molecular formula is C8H14N4O. The zero-order chi connectivity index (χ0) is 9.84. The van der Waals surface area contributed by atoms with Crippen LogP contribution in [-0.2, 0) is 7.05 Å². The number of hydrogen-bond donors (Lipinski definition) is 1. The highest BCUT2D eigenvalue weighted by molar-refractivity contribution is 5.91. The lowest BCUT2D eigenvalue weighted by molar-refractivity contribution is 0.0943. The molecule has 0 fully saturated rings. The van der Waals surface area contributed by atoms with E-state index in [4.69, 9.17) is 0 Å². The van der Waals surface area contributed by atoms with Gasteiger partial charge < -0.3 is 5.32 Å². The average Bonchev–Trinajstić information content (AvgIpc) is 2.47. The summed E-state index contributed by atoms with van der Waals surface area (Å²) in [5.74, 6) is 0.280. The predicted octanol–water partition coefficient (Wildman–Crippen LogP) is 0.201. The van der Waals surface area contributed by atoms with E-state index in [0.29, 0.717) is 18.2 Å². The van der Waals surface area contributed by atoms with Crippen molar-refractivity contribution in [3.8, 4) is 0 Å². The van der Waals surface area contributed by atoms with Gasteiger partial charge in [-0.3, -0.25) is 4.79 Å². The van der Waals surface area contributed by atoms with E-state index in [9.17, 15) is 4.79 Å². The van der Waals surface area contributed by atoms with Crippen molar-refractivity contribution >= 4 is 5.91 Å². The van der Waals surface area contributed by atoms with Crippen molar-refractivity contribution in [2.24, 2.45) is 13.0 Å². The number of carbonyl (C=O) groups excluding carboxylic acids is 1. The highest BCUT2D eigenvalue weighted by atomic mass is 16.2. The molecule has 13 heavy (non-hydrogen) atoms. The van der Waals surface area contributed by atoms with Crippen LogP contribution in [0, 0.1) is 5.92 Å². The molecule has 0 unspecified atom stereocenters. The largest absolute Gasteiger partial charge is 0.350 e. The first-order valence-corrected chi connectivity index (χ1v) is 4.24. The lowest BCUT2D eigenvalue weighted by Gasteiger charge is -2.04. The van der Waals surface area contributed by atoms with Gasteiger partial charge in [0.1, 0.15) is 0 Å². The summed E-state index contributed by atoms with van der Waals surface area (Å²) in [5.41, 5.74) is 0.364.